The van der Waals surface area contributed by atoms with Crippen molar-refractivity contribution in [1.82, 2.24) is 9.80 Å². The van der Waals surface area contributed by atoms with Crippen LogP contribution in [0, 0.1) is 0 Å². The van der Waals surface area contributed by atoms with E-state index in [9.17, 15) is 9.59 Å². The van der Waals surface area contributed by atoms with Crippen molar-refractivity contribution in [1.29, 1.82) is 0 Å². The van der Waals surface area contributed by atoms with E-state index in [2.05, 4.69) is 29.0 Å². The molecule has 3 aromatic carbocycles. The SMILES string of the molecule is CN1CCCN(C(=O)COc2ccc(-c3cccc4c(=O)cc(N5CCOCC5)oc34)c3sc4ccccc4c23)CC1. The lowest BCUT2D eigenvalue weighted by molar-refractivity contribution is -0.133. The van der Waals surface area contributed by atoms with Crippen LogP contribution in [0.1, 0.15) is 6.42 Å². The van der Waals surface area contributed by atoms with Gasteiger partial charge in [0.2, 0.25) is 0 Å². The van der Waals surface area contributed by atoms with E-state index >= 15 is 0 Å². The first-order chi connectivity index (χ1) is 20.6. The van der Waals surface area contributed by atoms with Gasteiger partial charge in [-0.2, -0.15) is 0 Å². The van der Waals surface area contributed by atoms with Crippen LogP contribution in [0.2, 0.25) is 0 Å². The second-order valence-electron chi connectivity index (χ2n) is 11.0. The van der Waals surface area contributed by atoms with Crippen LogP contribution >= 0.6 is 11.3 Å². The fourth-order valence-corrected chi connectivity index (χ4v) is 7.22. The maximum absolute atomic E-state index is 13.2. The number of fused-ring (bicyclic) bond motifs is 4. The van der Waals surface area contributed by atoms with Crippen molar-refractivity contribution in [2.75, 3.05) is 71.0 Å². The van der Waals surface area contributed by atoms with Gasteiger partial charge in [-0.05, 0) is 44.3 Å². The molecule has 0 N–H and O–H groups in total. The third-order valence-electron chi connectivity index (χ3n) is 8.27. The van der Waals surface area contributed by atoms with E-state index in [0.717, 1.165) is 57.4 Å². The quantitative estimate of drug-likeness (QED) is 0.281. The van der Waals surface area contributed by atoms with Gasteiger partial charge in [0, 0.05) is 70.1 Å². The summed E-state index contributed by atoms with van der Waals surface area (Å²) in [5.74, 6) is 1.25. The van der Waals surface area contributed by atoms with Crippen molar-refractivity contribution in [3.63, 3.8) is 0 Å². The average Bonchev–Trinajstić information content (AvgIpc) is 3.28. The molecule has 8 nitrogen and oxygen atoms in total. The Balaban J connectivity index is 1.31. The van der Waals surface area contributed by atoms with Crippen LogP contribution in [-0.2, 0) is 9.53 Å². The summed E-state index contributed by atoms with van der Waals surface area (Å²) in [5, 5.41) is 2.60. The zero-order chi connectivity index (χ0) is 28.6. The van der Waals surface area contributed by atoms with Crippen LogP contribution in [0.3, 0.4) is 0 Å². The largest absolute Gasteiger partial charge is 0.483 e. The molecule has 42 heavy (non-hydrogen) atoms. The van der Waals surface area contributed by atoms with Gasteiger partial charge in [0.05, 0.1) is 18.6 Å². The van der Waals surface area contributed by atoms with E-state index in [0.29, 0.717) is 55.5 Å². The topological polar surface area (TPSA) is 75.5 Å². The Kier molecular flexibility index (Phi) is 7.31. The molecule has 0 saturated carbocycles. The number of rotatable bonds is 5. The molecule has 2 aliphatic rings. The number of carbonyl (C=O) groups excluding carboxylic acids is 1. The fraction of sp³-hybridized carbons (Fsp3) is 0.333. The molecule has 1 amide bonds. The number of amides is 1. The summed E-state index contributed by atoms with van der Waals surface area (Å²) in [6.07, 6.45) is 0.963. The molecule has 2 aliphatic heterocycles. The number of carbonyl (C=O) groups is 1. The summed E-state index contributed by atoms with van der Waals surface area (Å²) in [6, 6.07) is 19.5. The molecule has 2 aromatic heterocycles. The molecule has 0 radical (unpaired) electrons. The Morgan fingerprint density at radius 1 is 0.905 bits per heavy atom. The number of hydrogen-bond donors (Lipinski definition) is 0. The monoisotopic (exact) mass is 583 g/mol. The van der Waals surface area contributed by atoms with Gasteiger partial charge in [-0.3, -0.25) is 9.59 Å². The standard InChI is InChI=1S/C33H33N3O5S/c1-34-12-5-13-35(15-14-34)29(38)21-40-27-11-10-23(33-31(27)25-6-2-3-9-28(25)42-33)22-7-4-8-24-26(37)20-30(41-32(22)24)36-16-18-39-19-17-36/h2-4,6-11,20H,5,12-19,21H2,1H3. The molecule has 0 atom stereocenters. The summed E-state index contributed by atoms with van der Waals surface area (Å²) < 4.78 is 20.4. The van der Waals surface area contributed by atoms with Crippen molar-refractivity contribution in [2.24, 2.45) is 0 Å². The van der Waals surface area contributed by atoms with Gasteiger partial charge in [-0.25, -0.2) is 0 Å². The first-order valence-corrected chi connectivity index (χ1v) is 15.3. The molecule has 216 valence electrons. The van der Waals surface area contributed by atoms with E-state index in [1.54, 1.807) is 17.4 Å². The van der Waals surface area contributed by atoms with Crippen LogP contribution in [-0.4, -0.2) is 81.8 Å². The minimum atomic E-state index is -0.0645. The highest BCUT2D eigenvalue weighted by Gasteiger charge is 2.22. The number of anilines is 1. The van der Waals surface area contributed by atoms with Crippen molar-refractivity contribution < 1.29 is 18.7 Å². The molecule has 0 aliphatic carbocycles. The van der Waals surface area contributed by atoms with Gasteiger partial charge in [0.1, 0.15) is 11.3 Å². The molecule has 9 heteroatoms. The maximum Gasteiger partial charge on any atom is 0.260 e. The lowest BCUT2D eigenvalue weighted by Crippen LogP contribution is -2.37. The van der Waals surface area contributed by atoms with Crippen molar-refractivity contribution in [3.8, 4) is 16.9 Å². The van der Waals surface area contributed by atoms with Crippen molar-refractivity contribution >= 4 is 54.3 Å². The fourth-order valence-electron chi connectivity index (χ4n) is 5.97. The number of para-hydroxylation sites is 1. The number of morpholine rings is 1. The molecule has 0 spiro atoms. The van der Waals surface area contributed by atoms with Gasteiger partial charge in [-0.15, -0.1) is 11.3 Å². The maximum atomic E-state index is 13.2. The third-order valence-corrected chi connectivity index (χ3v) is 9.47. The Hall–Kier alpha value is -3.92. The molecule has 4 heterocycles. The number of nitrogens with zero attached hydrogens (tertiary/aromatic N) is 3. The average molecular weight is 584 g/mol. The zero-order valence-corrected chi connectivity index (χ0v) is 24.5. The summed E-state index contributed by atoms with van der Waals surface area (Å²) in [4.78, 5) is 32.6. The number of hydrogen-bond acceptors (Lipinski definition) is 8. The lowest BCUT2D eigenvalue weighted by Gasteiger charge is -2.27. The Morgan fingerprint density at radius 3 is 2.62 bits per heavy atom. The van der Waals surface area contributed by atoms with Gasteiger partial charge < -0.3 is 28.6 Å². The third kappa shape index (κ3) is 5.02. The Labute approximate surface area is 247 Å². The van der Waals surface area contributed by atoms with Gasteiger partial charge in [0.25, 0.3) is 5.91 Å². The lowest BCUT2D eigenvalue weighted by atomic mass is 10.00. The van der Waals surface area contributed by atoms with Crippen LogP contribution in [0.15, 0.2) is 69.9 Å². The number of ether oxygens (including phenoxy) is 2. The highest BCUT2D eigenvalue weighted by Crippen LogP contribution is 2.45. The highest BCUT2D eigenvalue weighted by atomic mass is 32.1. The van der Waals surface area contributed by atoms with E-state index < -0.39 is 0 Å². The minimum Gasteiger partial charge on any atom is -0.483 e. The molecular formula is C33H33N3O5S. The molecule has 2 fully saturated rings. The highest BCUT2D eigenvalue weighted by molar-refractivity contribution is 7.26. The number of thiophene rings is 1. The normalized spacial score (nSPS) is 16.8. The van der Waals surface area contributed by atoms with E-state index in [-0.39, 0.29) is 17.9 Å². The summed E-state index contributed by atoms with van der Waals surface area (Å²) in [7, 11) is 2.09. The number of benzene rings is 3. The van der Waals surface area contributed by atoms with E-state index in [1.165, 1.54) is 0 Å². The molecule has 0 bridgehead atoms. The zero-order valence-electron chi connectivity index (χ0n) is 23.6. The Bertz CT molecular complexity index is 1840. The van der Waals surface area contributed by atoms with Gasteiger partial charge in [0.15, 0.2) is 17.9 Å². The van der Waals surface area contributed by atoms with E-state index in [1.807, 2.05) is 47.4 Å². The summed E-state index contributed by atoms with van der Waals surface area (Å²) in [5.41, 5.74) is 2.33. The van der Waals surface area contributed by atoms with Crippen LogP contribution in [0.25, 0.3) is 42.3 Å². The second-order valence-corrected chi connectivity index (χ2v) is 12.0. The first kappa shape index (κ1) is 26.9. The van der Waals surface area contributed by atoms with Crippen molar-refractivity contribution in [3.05, 3.63) is 70.9 Å². The molecule has 2 saturated heterocycles. The second kappa shape index (κ2) is 11.4. The molecule has 7 rings (SSSR count). The van der Waals surface area contributed by atoms with E-state index in [4.69, 9.17) is 13.9 Å². The number of likely N-dealkylation sites (N-methyl/N-ethyl adjacent to an activating group) is 1. The molecule has 0 unspecified atom stereocenters. The van der Waals surface area contributed by atoms with Gasteiger partial charge in [-0.1, -0.05) is 30.3 Å². The van der Waals surface area contributed by atoms with Crippen LogP contribution in [0.5, 0.6) is 5.75 Å². The smallest absolute Gasteiger partial charge is 0.260 e. The first-order valence-electron chi connectivity index (χ1n) is 14.5. The molecular weight excluding hydrogens is 550 g/mol. The summed E-state index contributed by atoms with van der Waals surface area (Å²) in [6.45, 7) is 5.88. The van der Waals surface area contributed by atoms with Gasteiger partial charge >= 0.3 is 0 Å². The predicted octanol–water partition coefficient (Wildman–Crippen LogP) is 5.21. The summed E-state index contributed by atoms with van der Waals surface area (Å²) >= 11 is 1.68. The minimum absolute atomic E-state index is 0.00557. The molecule has 5 aromatic rings. The van der Waals surface area contributed by atoms with Crippen LogP contribution < -0.4 is 15.1 Å². The van der Waals surface area contributed by atoms with Crippen LogP contribution in [0.4, 0.5) is 5.88 Å². The van der Waals surface area contributed by atoms with Crippen molar-refractivity contribution in [2.45, 2.75) is 6.42 Å². The predicted molar refractivity (Wildman–Crippen MR) is 168 cm³/mol. The Morgan fingerprint density at radius 2 is 1.74 bits per heavy atom.